The zero-order chi connectivity index (χ0) is 16.0. The topological polar surface area (TPSA) is 45.6 Å². The van der Waals surface area contributed by atoms with E-state index in [1.54, 1.807) is 16.2 Å². The third-order valence-corrected chi connectivity index (χ3v) is 6.06. The van der Waals surface area contributed by atoms with Crippen LogP contribution in [0, 0.1) is 0 Å². The summed E-state index contributed by atoms with van der Waals surface area (Å²) in [5.41, 5.74) is 3.25. The molecular formula is C18H22N3OS+. The largest absolute Gasteiger partial charge is 0.353 e. The Hall–Kier alpha value is -1.85. The Balaban J connectivity index is 1.66. The van der Waals surface area contributed by atoms with Crippen LogP contribution in [0.3, 0.4) is 0 Å². The van der Waals surface area contributed by atoms with Crippen LogP contribution >= 0.6 is 11.3 Å². The van der Waals surface area contributed by atoms with Gasteiger partial charge in [-0.15, -0.1) is 11.3 Å². The predicted octanol–water partition coefficient (Wildman–Crippen LogP) is 1.95. The van der Waals surface area contributed by atoms with Crippen molar-refractivity contribution in [1.82, 2.24) is 5.32 Å². The van der Waals surface area contributed by atoms with E-state index in [-0.39, 0.29) is 12.1 Å². The summed E-state index contributed by atoms with van der Waals surface area (Å²) in [5.74, 6) is 0.0677. The van der Waals surface area contributed by atoms with E-state index in [1.165, 1.54) is 10.4 Å². The number of anilines is 1. The summed E-state index contributed by atoms with van der Waals surface area (Å²) in [7, 11) is 0. The number of thiophene rings is 1. The van der Waals surface area contributed by atoms with E-state index in [4.69, 9.17) is 0 Å². The summed E-state index contributed by atoms with van der Waals surface area (Å²) in [6.07, 6.45) is 0.865. The van der Waals surface area contributed by atoms with Gasteiger partial charge in [-0.1, -0.05) is 30.3 Å². The van der Waals surface area contributed by atoms with Crippen LogP contribution in [0.5, 0.6) is 0 Å². The van der Waals surface area contributed by atoms with Crippen LogP contribution in [0.4, 0.5) is 5.00 Å². The molecule has 4 rings (SSSR count). The molecule has 3 heterocycles. The molecule has 0 aliphatic carbocycles. The van der Waals surface area contributed by atoms with Crippen molar-refractivity contribution in [2.75, 3.05) is 11.9 Å². The highest BCUT2D eigenvalue weighted by atomic mass is 32.1. The maximum Gasteiger partial charge on any atom is 0.256 e. The first-order valence-corrected chi connectivity index (χ1v) is 9.06. The Morgan fingerprint density at radius 1 is 1.22 bits per heavy atom. The maximum absolute atomic E-state index is 12.7. The average Bonchev–Trinajstić information content (AvgIpc) is 2.93. The minimum atomic E-state index is -0.134. The number of hydrogen-bond acceptors (Lipinski definition) is 3. The third kappa shape index (κ3) is 2.54. The van der Waals surface area contributed by atoms with Crippen molar-refractivity contribution in [3.63, 3.8) is 0 Å². The van der Waals surface area contributed by atoms with Crippen molar-refractivity contribution in [2.45, 2.75) is 39.0 Å². The van der Waals surface area contributed by atoms with Gasteiger partial charge in [0.15, 0.2) is 0 Å². The van der Waals surface area contributed by atoms with Gasteiger partial charge in [0.1, 0.15) is 17.7 Å². The third-order valence-electron chi connectivity index (χ3n) is 4.90. The molecule has 2 aliphatic rings. The lowest BCUT2D eigenvalue weighted by molar-refractivity contribution is -0.936. The molecule has 0 radical (unpaired) electrons. The Bertz CT molecular complexity index is 738. The second kappa shape index (κ2) is 5.65. The number of quaternary nitrogens is 1. The standard InChI is InChI=1S/C18H21N3OS/c1-11(2)21-9-8-13-14(10-21)23-18-15(13)17(22)19-16(20-18)12-6-4-3-5-7-12/h3-7,11,16,20H,8-10H2,1-2H3,(H,19,22)/p+1/t16-/m0/s1. The first-order chi connectivity index (χ1) is 11.1. The number of rotatable bonds is 2. The van der Waals surface area contributed by atoms with Crippen LogP contribution < -0.4 is 15.5 Å². The van der Waals surface area contributed by atoms with E-state index in [9.17, 15) is 4.79 Å². The highest BCUT2D eigenvalue weighted by Gasteiger charge is 2.34. The van der Waals surface area contributed by atoms with Gasteiger partial charge >= 0.3 is 0 Å². The molecule has 0 bridgehead atoms. The van der Waals surface area contributed by atoms with E-state index < -0.39 is 0 Å². The van der Waals surface area contributed by atoms with Crippen molar-refractivity contribution in [3.05, 3.63) is 51.9 Å². The molecular weight excluding hydrogens is 306 g/mol. The number of carbonyl (C=O) groups is 1. The monoisotopic (exact) mass is 328 g/mol. The van der Waals surface area contributed by atoms with E-state index >= 15 is 0 Å². The first kappa shape index (κ1) is 14.7. The van der Waals surface area contributed by atoms with Crippen LogP contribution in [0.15, 0.2) is 30.3 Å². The summed E-state index contributed by atoms with van der Waals surface area (Å²) in [6, 6.07) is 10.7. The van der Waals surface area contributed by atoms with Gasteiger partial charge in [-0.2, -0.15) is 0 Å². The highest BCUT2D eigenvalue weighted by Crippen LogP contribution is 2.38. The highest BCUT2D eigenvalue weighted by molar-refractivity contribution is 7.16. The number of hydrogen-bond donors (Lipinski definition) is 3. The van der Waals surface area contributed by atoms with Crippen LogP contribution in [-0.2, 0) is 13.0 Å². The molecule has 3 N–H and O–H groups in total. The lowest BCUT2D eigenvalue weighted by Gasteiger charge is -2.28. The van der Waals surface area contributed by atoms with Gasteiger partial charge in [0.05, 0.1) is 23.0 Å². The summed E-state index contributed by atoms with van der Waals surface area (Å²) in [4.78, 5) is 15.7. The fraction of sp³-hybridized carbons (Fsp3) is 0.389. The fourth-order valence-electron chi connectivity index (χ4n) is 3.52. The number of carbonyl (C=O) groups excluding carboxylic acids is 1. The van der Waals surface area contributed by atoms with Gasteiger partial charge < -0.3 is 15.5 Å². The van der Waals surface area contributed by atoms with Gasteiger partial charge in [0, 0.05) is 6.42 Å². The molecule has 5 heteroatoms. The number of fused-ring (bicyclic) bond motifs is 3. The lowest BCUT2D eigenvalue weighted by atomic mass is 9.99. The summed E-state index contributed by atoms with van der Waals surface area (Å²) in [5, 5.41) is 7.67. The molecule has 2 atom stereocenters. The van der Waals surface area contributed by atoms with E-state index in [0.717, 1.165) is 35.6 Å². The molecule has 120 valence electrons. The Morgan fingerprint density at radius 3 is 2.74 bits per heavy atom. The minimum absolute atomic E-state index is 0.0677. The van der Waals surface area contributed by atoms with Crippen molar-refractivity contribution < 1.29 is 9.69 Å². The average molecular weight is 328 g/mol. The summed E-state index contributed by atoms with van der Waals surface area (Å²) in [6.45, 7) is 6.69. The first-order valence-electron chi connectivity index (χ1n) is 8.25. The van der Waals surface area contributed by atoms with Crippen molar-refractivity contribution in [3.8, 4) is 0 Å². The van der Waals surface area contributed by atoms with Gasteiger partial charge in [-0.25, -0.2) is 0 Å². The molecule has 23 heavy (non-hydrogen) atoms. The number of nitrogens with one attached hydrogen (secondary N) is 3. The molecule has 0 saturated carbocycles. The van der Waals surface area contributed by atoms with Crippen LogP contribution in [0.2, 0.25) is 0 Å². The minimum Gasteiger partial charge on any atom is -0.353 e. The Labute approximate surface area is 140 Å². The molecule has 0 spiro atoms. The zero-order valence-corrected chi connectivity index (χ0v) is 14.3. The van der Waals surface area contributed by atoms with Gasteiger partial charge in [-0.05, 0) is 25.0 Å². The molecule has 1 unspecified atom stereocenters. The molecule has 0 saturated heterocycles. The molecule has 1 aromatic heterocycles. The predicted molar refractivity (Wildman–Crippen MR) is 93.0 cm³/mol. The summed E-state index contributed by atoms with van der Waals surface area (Å²) < 4.78 is 0. The fourth-order valence-corrected chi connectivity index (χ4v) is 4.84. The Kier molecular flexibility index (Phi) is 3.62. The maximum atomic E-state index is 12.7. The normalized spacial score (nSPS) is 23.0. The van der Waals surface area contributed by atoms with Gasteiger partial charge in [0.25, 0.3) is 5.91 Å². The second-order valence-corrected chi connectivity index (χ2v) is 7.76. The van der Waals surface area contributed by atoms with Crippen molar-refractivity contribution in [1.29, 1.82) is 0 Å². The van der Waals surface area contributed by atoms with E-state index in [0.29, 0.717) is 6.04 Å². The molecule has 1 amide bonds. The van der Waals surface area contributed by atoms with Gasteiger partial charge in [0.2, 0.25) is 0 Å². The smallest absolute Gasteiger partial charge is 0.256 e. The zero-order valence-electron chi connectivity index (χ0n) is 13.5. The molecule has 2 aliphatic heterocycles. The van der Waals surface area contributed by atoms with Crippen molar-refractivity contribution >= 4 is 22.2 Å². The van der Waals surface area contributed by atoms with Crippen LogP contribution in [0.25, 0.3) is 0 Å². The van der Waals surface area contributed by atoms with E-state index in [2.05, 4.69) is 24.5 Å². The lowest BCUT2D eigenvalue weighted by Crippen LogP contribution is -3.14. The van der Waals surface area contributed by atoms with Crippen LogP contribution in [-0.4, -0.2) is 18.5 Å². The van der Waals surface area contributed by atoms with E-state index in [1.807, 2.05) is 30.3 Å². The van der Waals surface area contributed by atoms with Gasteiger partial charge in [-0.3, -0.25) is 4.79 Å². The second-order valence-electron chi connectivity index (χ2n) is 6.66. The quantitative estimate of drug-likeness (QED) is 0.789. The molecule has 1 aromatic carbocycles. The summed E-state index contributed by atoms with van der Waals surface area (Å²) >= 11 is 1.77. The van der Waals surface area contributed by atoms with Crippen molar-refractivity contribution in [2.24, 2.45) is 0 Å². The molecule has 2 aromatic rings. The SMILES string of the molecule is CC(C)[NH+]1CCc2c(sc3c2C(=O)N[C@H](c2ccccc2)N3)C1. The number of benzene rings is 1. The number of amides is 1. The molecule has 4 nitrogen and oxygen atoms in total. The Morgan fingerprint density at radius 2 is 2.00 bits per heavy atom. The van der Waals surface area contributed by atoms with Crippen LogP contribution in [0.1, 0.15) is 46.4 Å². The molecule has 0 fully saturated rings.